The van der Waals surface area contributed by atoms with Crippen LogP contribution in [0.25, 0.3) is 0 Å². The second-order valence-corrected chi connectivity index (χ2v) is 7.33. The summed E-state index contributed by atoms with van der Waals surface area (Å²) in [6.07, 6.45) is 0. The minimum absolute atomic E-state index is 0.0192. The fourth-order valence-corrected chi connectivity index (χ4v) is 3.14. The molecule has 0 atom stereocenters. The highest BCUT2D eigenvalue weighted by Crippen LogP contribution is 2.12. The summed E-state index contributed by atoms with van der Waals surface area (Å²) in [7, 11) is -3.84. The monoisotopic (exact) mass is 405 g/mol. The Kier molecular flexibility index (Phi) is 7.07. The fourth-order valence-electron chi connectivity index (χ4n) is 2.07. The topological polar surface area (TPSA) is 159 Å². The van der Waals surface area contributed by atoms with Crippen LogP contribution in [0.15, 0.2) is 59.5 Å². The van der Waals surface area contributed by atoms with Crippen LogP contribution in [0.4, 0.5) is 4.79 Å². The molecule has 6 N–H and O–H groups in total. The van der Waals surface area contributed by atoms with Crippen molar-refractivity contribution in [3.63, 3.8) is 0 Å². The van der Waals surface area contributed by atoms with E-state index in [4.69, 9.17) is 5.73 Å². The van der Waals surface area contributed by atoms with Gasteiger partial charge in [0.05, 0.1) is 4.90 Å². The molecule has 0 spiro atoms. The van der Waals surface area contributed by atoms with Crippen molar-refractivity contribution in [3.8, 4) is 0 Å². The largest absolute Gasteiger partial charge is 0.352 e. The number of benzene rings is 2. The summed E-state index contributed by atoms with van der Waals surface area (Å²) >= 11 is 0. The van der Waals surface area contributed by atoms with Crippen molar-refractivity contribution in [1.29, 1.82) is 0 Å². The molecule has 0 bridgehead atoms. The quantitative estimate of drug-likeness (QED) is 0.396. The summed E-state index contributed by atoms with van der Waals surface area (Å²) in [6, 6.07) is 13.4. The zero-order valence-electron chi connectivity index (χ0n) is 14.6. The van der Waals surface area contributed by atoms with Gasteiger partial charge in [0, 0.05) is 12.1 Å². The van der Waals surface area contributed by atoms with Crippen molar-refractivity contribution < 1.29 is 22.8 Å². The lowest BCUT2D eigenvalue weighted by Gasteiger charge is -2.10. The van der Waals surface area contributed by atoms with Gasteiger partial charge in [-0.05, 0) is 23.8 Å². The highest BCUT2D eigenvalue weighted by atomic mass is 32.2. The van der Waals surface area contributed by atoms with Crippen molar-refractivity contribution in [3.05, 3.63) is 65.7 Å². The molecule has 4 amide bonds. The molecule has 28 heavy (non-hydrogen) atoms. The zero-order chi connectivity index (χ0) is 20.6. The van der Waals surface area contributed by atoms with Gasteiger partial charge < -0.3 is 11.1 Å². The van der Waals surface area contributed by atoms with Crippen molar-refractivity contribution in [2.75, 3.05) is 6.54 Å². The molecule has 0 aliphatic heterocycles. The molecule has 2 rings (SSSR count). The number of rotatable bonds is 7. The van der Waals surface area contributed by atoms with Crippen LogP contribution in [-0.4, -0.2) is 32.8 Å². The van der Waals surface area contributed by atoms with Crippen LogP contribution in [-0.2, 0) is 21.4 Å². The first-order valence-electron chi connectivity index (χ1n) is 8.04. The van der Waals surface area contributed by atoms with Gasteiger partial charge in [-0.3, -0.25) is 20.4 Å². The first-order valence-corrected chi connectivity index (χ1v) is 9.52. The Morgan fingerprint density at radius 1 is 0.929 bits per heavy atom. The van der Waals surface area contributed by atoms with Gasteiger partial charge in [-0.1, -0.05) is 36.4 Å². The molecule has 0 aliphatic rings. The molecule has 0 unspecified atom stereocenters. The number of nitrogens with one attached hydrogen (secondary N) is 4. The van der Waals surface area contributed by atoms with Crippen LogP contribution in [0.5, 0.6) is 0 Å². The third kappa shape index (κ3) is 6.37. The van der Waals surface area contributed by atoms with Gasteiger partial charge in [0.25, 0.3) is 11.8 Å². The number of urea groups is 1. The van der Waals surface area contributed by atoms with E-state index < -0.39 is 34.4 Å². The molecule has 10 nitrogen and oxygen atoms in total. The number of amides is 4. The molecule has 0 heterocycles. The Morgan fingerprint density at radius 2 is 1.64 bits per heavy atom. The average molecular weight is 405 g/mol. The number of carbonyl (C=O) groups excluding carboxylic acids is 3. The molecule has 11 heteroatoms. The number of hydrogen-bond acceptors (Lipinski definition) is 5. The molecule has 148 valence electrons. The number of carbonyl (C=O) groups is 3. The van der Waals surface area contributed by atoms with Crippen LogP contribution in [0.2, 0.25) is 0 Å². The second-order valence-electron chi connectivity index (χ2n) is 5.56. The molecule has 0 aromatic heterocycles. The van der Waals surface area contributed by atoms with E-state index in [0.29, 0.717) is 0 Å². The SMILES string of the molecule is NC(=O)NCC(=O)NNC(=O)c1cccc(S(=O)(=O)NCc2ccccc2)c1. The summed E-state index contributed by atoms with van der Waals surface area (Å²) in [5.74, 6) is -1.44. The lowest BCUT2D eigenvalue weighted by Crippen LogP contribution is -2.47. The average Bonchev–Trinajstić information content (AvgIpc) is 2.70. The molecule has 0 radical (unpaired) electrons. The maximum absolute atomic E-state index is 12.4. The van der Waals surface area contributed by atoms with E-state index in [1.54, 1.807) is 24.3 Å². The van der Waals surface area contributed by atoms with Gasteiger partial charge in [-0.15, -0.1) is 0 Å². The van der Waals surface area contributed by atoms with Gasteiger partial charge in [-0.25, -0.2) is 17.9 Å². The molecular weight excluding hydrogens is 386 g/mol. The Balaban J connectivity index is 1.99. The number of sulfonamides is 1. The van der Waals surface area contributed by atoms with Gasteiger partial charge >= 0.3 is 6.03 Å². The Bertz CT molecular complexity index is 963. The molecule has 0 aliphatic carbocycles. The van der Waals surface area contributed by atoms with Crippen LogP contribution < -0.4 is 26.6 Å². The minimum atomic E-state index is -3.84. The zero-order valence-corrected chi connectivity index (χ0v) is 15.5. The minimum Gasteiger partial charge on any atom is -0.352 e. The molecule has 0 saturated heterocycles. The number of hydrogen-bond donors (Lipinski definition) is 5. The van der Waals surface area contributed by atoms with E-state index in [1.165, 1.54) is 24.3 Å². The molecule has 2 aromatic rings. The predicted octanol–water partition coefficient (Wildman–Crippen LogP) is -0.406. The van der Waals surface area contributed by atoms with E-state index in [1.807, 2.05) is 6.07 Å². The third-order valence-electron chi connectivity index (χ3n) is 3.45. The van der Waals surface area contributed by atoms with E-state index >= 15 is 0 Å². The number of primary amides is 1. The van der Waals surface area contributed by atoms with E-state index in [2.05, 4.69) is 20.9 Å². The molecule has 2 aromatic carbocycles. The first-order chi connectivity index (χ1) is 13.3. The van der Waals surface area contributed by atoms with Crippen LogP contribution in [0, 0.1) is 0 Å². The standard InChI is InChI=1S/C17H19N5O5S/c18-17(25)19-11-15(23)21-22-16(24)13-7-4-8-14(9-13)28(26,27)20-10-12-5-2-1-3-6-12/h1-9,20H,10-11H2,(H,21,23)(H,22,24)(H3,18,19,25). The van der Waals surface area contributed by atoms with Gasteiger partial charge in [-0.2, -0.15) is 0 Å². The van der Waals surface area contributed by atoms with Crippen molar-refractivity contribution in [2.24, 2.45) is 5.73 Å². The summed E-state index contributed by atoms with van der Waals surface area (Å²) in [5.41, 5.74) is 9.81. The highest BCUT2D eigenvalue weighted by Gasteiger charge is 2.16. The third-order valence-corrected chi connectivity index (χ3v) is 4.85. The molecule has 0 fully saturated rings. The highest BCUT2D eigenvalue weighted by molar-refractivity contribution is 7.89. The Hall–Kier alpha value is -3.44. The van der Waals surface area contributed by atoms with Crippen LogP contribution >= 0.6 is 0 Å². The van der Waals surface area contributed by atoms with Crippen LogP contribution in [0.1, 0.15) is 15.9 Å². The van der Waals surface area contributed by atoms with Crippen LogP contribution in [0.3, 0.4) is 0 Å². The lowest BCUT2D eigenvalue weighted by molar-refractivity contribution is -0.120. The first kappa shape index (κ1) is 20.9. The number of hydrazine groups is 1. The van der Waals surface area contributed by atoms with Crippen molar-refractivity contribution >= 4 is 27.9 Å². The predicted molar refractivity (Wildman–Crippen MR) is 100 cm³/mol. The fraction of sp³-hybridized carbons (Fsp3) is 0.118. The van der Waals surface area contributed by atoms with E-state index in [0.717, 1.165) is 5.56 Å². The maximum Gasteiger partial charge on any atom is 0.312 e. The van der Waals surface area contributed by atoms with E-state index in [9.17, 15) is 22.8 Å². The molecule has 0 saturated carbocycles. The van der Waals surface area contributed by atoms with Gasteiger partial charge in [0.2, 0.25) is 10.0 Å². The summed E-state index contributed by atoms with van der Waals surface area (Å²) in [4.78, 5) is 33.9. The number of nitrogens with two attached hydrogens (primary N) is 1. The maximum atomic E-state index is 12.4. The van der Waals surface area contributed by atoms with E-state index in [-0.39, 0.29) is 17.0 Å². The lowest BCUT2D eigenvalue weighted by atomic mass is 10.2. The van der Waals surface area contributed by atoms with Gasteiger partial charge in [0.15, 0.2) is 0 Å². The summed E-state index contributed by atoms with van der Waals surface area (Å²) in [6.45, 7) is -0.323. The summed E-state index contributed by atoms with van der Waals surface area (Å²) in [5, 5.41) is 2.05. The smallest absolute Gasteiger partial charge is 0.312 e. The molecular formula is C17H19N5O5S. The van der Waals surface area contributed by atoms with Gasteiger partial charge in [0.1, 0.15) is 6.54 Å². The summed E-state index contributed by atoms with van der Waals surface area (Å²) < 4.78 is 27.3. The van der Waals surface area contributed by atoms with Crippen molar-refractivity contribution in [2.45, 2.75) is 11.4 Å². The second kappa shape index (κ2) is 9.48. The Labute approximate surface area is 161 Å². The van der Waals surface area contributed by atoms with Crippen molar-refractivity contribution in [1.82, 2.24) is 20.9 Å². The Morgan fingerprint density at radius 3 is 2.32 bits per heavy atom. The normalized spacial score (nSPS) is 10.7.